The fourth-order valence-corrected chi connectivity index (χ4v) is 3.10. The van der Waals surface area contributed by atoms with Crippen molar-refractivity contribution in [1.29, 1.82) is 0 Å². The minimum atomic E-state index is -0.790. The Balaban J connectivity index is 1.70. The lowest BCUT2D eigenvalue weighted by Gasteiger charge is -2.21. The van der Waals surface area contributed by atoms with Crippen molar-refractivity contribution in [1.82, 2.24) is 0 Å². The summed E-state index contributed by atoms with van der Waals surface area (Å²) in [5.41, 5.74) is 1.24. The van der Waals surface area contributed by atoms with Gasteiger partial charge in [-0.25, -0.2) is 4.79 Å². The molecule has 2 amide bonds. The second-order valence-corrected chi connectivity index (χ2v) is 7.06. The van der Waals surface area contributed by atoms with Crippen LogP contribution in [0.1, 0.15) is 27.6 Å². The predicted octanol–water partition coefficient (Wildman–Crippen LogP) is 3.69. The van der Waals surface area contributed by atoms with Gasteiger partial charge in [-0.2, -0.15) is 0 Å². The number of benzene rings is 3. The van der Waals surface area contributed by atoms with E-state index in [1.807, 2.05) is 0 Å². The minimum Gasteiger partial charge on any atom is -0.465 e. The van der Waals surface area contributed by atoms with Gasteiger partial charge in [0.15, 0.2) is 6.61 Å². The molecule has 3 aromatic rings. The summed E-state index contributed by atoms with van der Waals surface area (Å²) in [5, 5.41) is 2.69. The van der Waals surface area contributed by atoms with Gasteiger partial charge in [0, 0.05) is 11.3 Å². The molecule has 0 heterocycles. The van der Waals surface area contributed by atoms with Gasteiger partial charge in [0.05, 0.1) is 17.9 Å². The number of nitrogens with zero attached hydrogens (tertiary/aromatic N) is 1. The van der Waals surface area contributed by atoms with Crippen LogP contribution in [0, 0.1) is 0 Å². The number of amides is 2. The molecule has 0 aliphatic heterocycles. The summed E-state index contributed by atoms with van der Waals surface area (Å²) < 4.78 is 10.2. The molecule has 8 heteroatoms. The van der Waals surface area contributed by atoms with Crippen LogP contribution < -0.4 is 10.2 Å². The number of carbonyl (C=O) groups excluding carboxylic acids is 4. The number of esters is 2. The number of hydrogen-bond donors (Lipinski definition) is 1. The Labute approximate surface area is 197 Å². The Bertz CT molecular complexity index is 1150. The SMILES string of the molecule is CCOC(=O)CN(C(=O)COC(=O)c1ccccc1NC(=O)c1ccccc1)c1ccccc1. The average molecular weight is 460 g/mol. The highest BCUT2D eigenvalue weighted by Gasteiger charge is 2.22. The molecule has 0 bridgehead atoms. The molecule has 0 spiro atoms. The summed E-state index contributed by atoms with van der Waals surface area (Å²) in [6, 6.07) is 23.4. The number of carbonyl (C=O) groups is 4. The Morgan fingerprint density at radius 3 is 2.09 bits per heavy atom. The molecule has 0 radical (unpaired) electrons. The summed E-state index contributed by atoms with van der Waals surface area (Å²) in [6.07, 6.45) is 0. The zero-order valence-electron chi connectivity index (χ0n) is 18.6. The van der Waals surface area contributed by atoms with Crippen LogP contribution >= 0.6 is 0 Å². The van der Waals surface area contributed by atoms with E-state index in [0.717, 1.165) is 0 Å². The summed E-state index contributed by atoms with van der Waals surface area (Å²) in [5.74, 6) is -2.36. The van der Waals surface area contributed by atoms with E-state index in [-0.39, 0.29) is 30.3 Å². The maximum absolute atomic E-state index is 12.8. The van der Waals surface area contributed by atoms with E-state index in [9.17, 15) is 19.2 Å². The van der Waals surface area contributed by atoms with Crippen molar-refractivity contribution < 1.29 is 28.7 Å². The van der Waals surface area contributed by atoms with Crippen LogP contribution in [0.15, 0.2) is 84.9 Å². The number of hydrogen-bond acceptors (Lipinski definition) is 6. The second kappa shape index (κ2) is 12.0. The molecule has 0 saturated heterocycles. The van der Waals surface area contributed by atoms with Gasteiger partial charge in [-0.1, -0.05) is 48.5 Å². The van der Waals surface area contributed by atoms with E-state index in [1.54, 1.807) is 85.8 Å². The van der Waals surface area contributed by atoms with Gasteiger partial charge in [-0.05, 0) is 43.3 Å². The summed E-state index contributed by atoms with van der Waals surface area (Å²) in [4.78, 5) is 51.2. The highest BCUT2D eigenvalue weighted by atomic mass is 16.5. The molecule has 34 heavy (non-hydrogen) atoms. The van der Waals surface area contributed by atoms with Crippen LogP contribution in [0.3, 0.4) is 0 Å². The monoisotopic (exact) mass is 460 g/mol. The Morgan fingerprint density at radius 2 is 1.41 bits per heavy atom. The fraction of sp³-hybridized carbons (Fsp3) is 0.154. The van der Waals surface area contributed by atoms with Gasteiger partial charge in [-0.3, -0.25) is 19.3 Å². The number of rotatable bonds is 9. The normalized spacial score (nSPS) is 10.1. The third-order valence-corrected chi connectivity index (χ3v) is 4.72. The van der Waals surface area contributed by atoms with Crippen molar-refractivity contribution in [3.63, 3.8) is 0 Å². The van der Waals surface area contributed by atoms with E-state index < -0.39 is 24.5 Å². The topological polar surface area (TPSA) is 102 Å². The number of anilines is 2. The number of para-hydroxylation sites is 2. The molecule has 3 rings (SSSR count). The highest BCUT2D eigenvalue weighted by Crippen LogP contribution is 2.18. The molecular formula is C26H24N2O6. The van der Waals surface area contributed by atoms with Crippen molar-refractivity contribution in [2.75, 3.05) is 30.0 Å². The molecule has 0 unspecified atom stereocenters. The van der Waals surface area contributed by atoms with Crippen molar-refractivity contribution in [2.24, 2.45) is 0 Å². The van der Waals surface area contributed by atoms with Crippen LogP contribution in [0.5, 0.6) is 0 Å². The fourth-order valence-electron chi connectivity index (χ4n) is 3.10. The van der Waals surface area contributed by atoms with Gasteiger partial charge < -0.3 is 14.8 Å². The van der Waals surface area contributed by atoms with Crippen LogP contribution in [0.4, 0.5) is 11.4 Å². The molecular weight excluding hydrogens is 436 g/mol. The van der Waals surface area contributed by atoms with E-state index in [2.05, 4.69) is 5.32 Å². The van der Waals surface area contributed by atoms with Gasteiger partial charge in [-0.15, -0.1) is 0 Å². The smallest absolute Gasteiger partial charge is 0.340 e. The first-order chi connectivity index (χ1) is 16.5. The zero-order valence-corrected chi connectivity index (χ0v) is 18.6. The molecule has 3 aromatic carbocycles. The third-order valence-electron chi connectivity index (χ3n) is 4.72. The second-order valence-electron chi connectivity index (χ2n) is 7.06. The molecule has 0 aromatic heterocycles. The molecule has 0 fully saturated rings. The molecule has 1 N–H and O–H groups in total. The first kappa shape index (κ1) is 24.2. The minimum absolute atomic E-state index is 0.0937. The van der Waals surface area contributed by atoms with Crippen LogP contribution in [0.25, 0.3) is 0 Å². The third kappa shape index (κ3) is 6.52. The summed E-state index contributed by atoms with van der Waals surface area (Å²) in [6.45, 7) is 0.921. The van der Waals surface area contributed by atoms with Crippen molar-refractivity contribution in [2.45, 2.75) is 6.92 Å². The lowest BCUT2D eigenvalue weighted by molar-refractivity contribution is -0.142. The zero-order chi connectivity index (χ0) is 24.3. The number of nitrogens with one attached hydrogen (secondary N) is 1. The number of ether oxygens (including phenoxy) is 2. The van der Waals surface area contributed by atoms with Gasteiger partial charge >= 0.3 is 11.9 Å². The largest absolute Gasteiger partial charge is 0.465 e. The van der Waals surface area contributed by atoms with Gasteiger partial charge in [0.25, 0.3) is 11.8 Å². The molecule has 0 aliphatic carbocycles. The van der Waals surface area contributed by atoms with E-state index in [0.29, 0.717) is 11.3 Å². The standard InChI is InChI=1S/C26H24N2O6/c1-2-33-24(30)17-28(20-13-7-4-8-14-20)23(29)18-34-26(32)21-15-9-10-16-22(21)27-25(31)19-11-5-3-6-12-19/h3-16H,2,17-18H2,1H3,(H,27,31). The Kier molecular flexibility index (Phi) is 8.51. The highest BCUT2D eigenvalue weighted by molar-refractivity contribution is 6.08. The van der Waals surface area contributed by atoms with E-state index in [1.165, 1.54) is 11.0 Å². The Hall–Kier alpha value is -4.46. The lowest BCUT2D eigenvalue weighted by Crippen LogP contribution is -2.39. The molecule has 174 valence electrons. The molecule has 0 aliphatic rings. The van der Waals surface area contributed by atoms with E-state index in [4.69, 9.17) is 9.47 Å². The van der Waals surface area contributed by atoms with Crippen LogP contribution in [-0.2, 0) is 19.1 Å². The maximum atomic E-state index is 12.8. The van der Waals surface area contributed by atoms with Crippen LogP contribution in [-0.4, -0.2) is 43.5 Å². The van der Waals surface area contributed by atoms with Crippen molar-refractivity contribution in [3.05, 3.63) is 96.1 Å². The Morgan fingerprint density at radius 1 is 0.794 bits per heavy atom. The first-order valence-electron chi connectivity index (χ1n) is 10.6. The van der Waals surface area contributed by atoms with Crippen molar-refractivity contribution >= 4 is 35.1 Å². The molecule has 0 atom stereocenters. The quantitative estimate of drug-likeness (QED) is 0.489. The average Bonchev–Trinajstić information content (AvgIpc) is 2.87. The molecule has 0 saturated carbocycles. The molecule has 8 nitrogen and oxygen atoms in total. The van der Waals surface area contributed by atoms with Gasteiger partial charge in [0.2, 0.25) is 0 Å². The maximum Gasteiger partial charge on any atom is 0.340 e. The van der Waals surface area contributed by atoms with E-state index >= 15 is 0 Å². The van der Waals surface area contributed by atoms with Gasteiger partial charge in [0.1, 0.15) is 6.54 Å². The summed E-state index contributed by atoms with van der Waals surface area (Å²) >= 11 is 0. The summed E-state index contributed by atoms with van der Waals surface area (Å²) in [7, 11) is 0. The van der Waals surface area contributed by atoms with Crippen molar-refractivity contribution in [3.8, 4) is 0 Å². The lowest BCUT2D eigenvalue weighted by atomic mass is 10.1. The first-order valence-corrected chi connectivity index (χ1v) is 10.6. The predicted molar refractivity (Wildman–Crippen MR) is 127 cm³/mol. The van der Waals surface area contributed by atoms with Crippen LogP contribution in [0.2, 0.25) is 0 Å².